The highest BCUT2D eigenvalue weighted by molar-refractivity contribution is 9.10. The van der Waals surface area contributed by atoms with Crippen molar-refractivity contribution < 1.29 is 13.9 Å². The lowest BCUT2D eigenvalue weighted by Gasteiger charge is -2.18. The number of aryl methyl sites for hydroxylation is 1. The number of hydrogen-bond acceptors (Lipinski definition) is 6. The molecule has 0 aliphatic heterocycles. The summed E-state index contributed by atoms with van der Waals surface area (Å²) in [6.45, 7) is 3.74. The SMILES string of the molecule is CCOc1cccc2sc(N(CCCn3ccnc3)C(=O)c3ccc(Br)o3)nc12. The first-order valence-electron chi connectivity index (χ1n) is 9.21. The van der Waals surface area contributed by atoms with E-state index in [1.54, 1.807) is 29.6 Å². The number of ether oxygens (including phenoxy) is 1. The molecule has 0 aliphatic carbocycles. The molecule has 3 aromatic heterocycles. The predicted octanol–water partition coefficient (Wildman–Crippen LogP) is 4.98. The molecule has 1 amide bonds. The molecule has 9 heteroatoms. The number of halogens is 1. The van der Waals surface area contributed by atoms with Gasteiger partial charge in [-0.1, -0.05) is 17.4 Å². The summed E-state index contributed by atoms with van der Waals surface area (Å²) in [5, 5.41) is 0.621. The van der Waals surface area contributed by atoms with Gasteiger partial charge in [0.25, 0.3) is 5.91 Å². The van der Waals surface area contributed by atoms with E-state index in [0.29, 0.717) is 23.0 Å². The second kappa shape index (κ2) is 8.79. The molecule has 1 aromatic carbocycles. The van der Waals surface area contributed by atoms with Crippen molar-refractivity contribution in [3.63, 3.8) is 0 Å². The molecule has 0 N–H and O–H groups in total. The predicted molar refractivity (Wildman–Crippen MR) is 116 cm³/mol. The van der Waals surface area contributed by atoms with Gasteiger partial charge in [-0.25, -0.2) is 9.97 Å². The lowest BCUT2D eigenvalue weighted by Crippen LogP contribution is -2.32. The third kappa shape index (κ3) is 4.35. The Morgan fingerprint density at radius 2 is 2.24 bits per heavy atom. The lowest BCUT2D eigenvalue weighted by molar-refractivity contribution is 0.0958. The van der Waals surface area contributed by atoms with Crippen LogP contribution in [-0.4, -0.2) is 33.6 Å². The first-order valence-corrected chi connectivity index (χ1v) is 10.8. The van der Waals surface area contributed by atoms with Crippen molar-refractivity contribution in [2.45, 2.75) is 19.9 Å². The molecule has 0 unspecified atom stereocenters. The zero-order chi connectivity index (χ0) is 20.2. The number of fused-ring (bicyclic) bond motifs is 1. The van der Waals surface area contributed by atoms with Crippen LogP contribution in [0.5, 0.6) is 5.75 Å². The van der Waals surface area contributed by atoms with Crippen LogP contribution in [0.2, 0.25) is 0 Å². The maximum atomic E-state index is 13.2. The zero-order valence-electron chi connectivity index (χ0n) is 15.7. The van der Waals surface area contributed by atoms with Gasteiger partial charge in [0.2, 0.25) is 0 Å². The summed E-state index contributed by atoms with van der Waals surface area (Å²) >= 11 is 4.73. The van der Waals surface area contributed by atoms with E-state index in [1.807, 2.05) is 35.9 Å². The van der Waals surface area contributed by atoms with Crippen LogP contribution in [0.1, 0.15) is 23.9 Å². The van der Waals surface area contributed by atoms with E-state index >= 15 is 0 Å². The van der Waals surface area contributed by atoms with Crippen molar-refractivity contribution >= 4 is 48.5 Å². The average molecular weight is 475 g/mol. The standard InChI is InChI=1S/C20H19BrN4O3S/c1-2-27-14-5-3-6-16-18(14)23-20(29-16)25(11-4-10-24-12-9-22-13-24)19(26)15-7-8-17(21)28-15/h3,5-9,12-13H,2,4,10-11H2,1H3. The van der Waals surface area contributed by atoms with Crippen molar-refractivity contribution in [1.82, 2.24) is 14.5 Å². The summed E-state index contributed by atoms with van der Waals surface area (Å²) in [5.41, 5.74) is 0.766. The number of aromatic nitrogens is 3. The van der Waals surface area contributed by atoms with Crippen LogP contribution in [-0.2, 0) is 6.54 Å². The normalized spacial score (nSPS) is 11.1. The fraction of sp³-hybridized carbons (Fsp3) is 0.250. The van der Waals surface area contributed by atoms with Crippen LogP contribution in [0.15, 0.2) is 58.1 Å². The number of nitrogens with zero attached hydrogens (tertiary/aromatic N) is 4. The number of imidazole rings is 1. The Balaban J connectivity index is 1.64. The molecular weight excluding hydrogens is 456 g/mol. The second-order valence-electron chi connectivity index (χ2n) is 6.25. The van der Waals surface area contributed by atoms with Crippen molar-refractivity contribution in [2.24, 2.45) is 0 Å². The summed E-state index contributed by atoms with van der Waals surface area (Å²) in [5.74, 6) is 0.765. The summed E-state index contributed by atoms with van der Waals surface area (Å²) in [7, 11) is 0. The molecular formula is C20H19BrN4O3S. The fourth-order valence-electron chi connectivity index (χ4n) is 2.98. The largest absolute Gasteiger partial charge is 0.492 e. The van der Waals surface area contributed by atoms with E-state index < -0.39 is 0 Å². The van der Waals surface area contributed by atoms with Gasteiger partial charge in [0.05, 0.1) is 17.6 Å². The van der Waals surface area contributed by atoms with Gasteiger partial charge in [-0.05, 0) is 53.5 Å². The number of anilines is 1. The number of hydrogen-bond donors (Lipinski definition) is 0. The van der Waals surface area contributed by atoms with E-state index in [4.69, 9.17) is 14.1 Å². The zero-order valence-corrected chi connectivity index (χ0v) is 18.1. The molecule has 0 fully saturated rings. The summed E-state index contributed by atoms with van der Waals surface area (Å²) < 4.78 is 14.7. The van der Waals surface area contributed by atoms with E-state index in [0.717, 1.165) is 28.9 Å². The van der Waals surface area contributed by atoms with Crippen molar-refractivity contribution in [2.75, 3.05) is 18.1 Å². The molecule has 4 rings (SSSR count). The van der Waals surface area contributed by atoms with E-state index in [1.165, 1.54) is 11.3 Å². The molecule has 0 saturated carbocycles. The first kappa shape index (κ1) is 19.7. The number of carbonyl (C=O) groups is 1. The number of amides is 1. The molecule has 29 heavy (non-hydrogen) atoms. The van der Waals surface area contributed by atoms with Gasteiger partial charge in [0.1, 0.15) is 11.3 Å². The van der Waals surface area contributed by atoms with Crippen LogP contribution in [0.3, 0.4) is 0 Å². The number of thiazole rings is 1. The number of rotatable bonds is 8. The Morgan fingerprint density at radius 3 is 2.97 bits per heavy atom. The van der Waals surface area contributed by atoms with E-state index in [9.17, 15) is 4.79 Å². The van der Waals surface area contributed by atoms with Crippen LogP contribution < -0.4 is 9.64 Å². The molecule has 3 heterocycles. The Morgan fingerprint density at radius 1 is 1.34 bits per heavy atom. The molecule has 0 saturated heterocycles. The van der Waals surface area contributed by atoms with Gasteiger partial charge < -0.3 is 13.7 Å². The van der Waals surface area contributed by atoms with Gasteiger partial charge in [-0.2, -0.15) is 0 Å². The molecule has 0 radical (unpaired) electrons. The fourth-order valence-corrected chi connectivity index (χ4v) is 4.29. The number of benzene rings is 1. The maximum absolute atomic E-state index is 13.2. The van der Waals surface area contributed by atoms with Gasteiger partial charge in [0, 0.05) is 25.5 Å². The van der Waals surface area contributed by atoms with Crippen molar-refractivity contribution in [1.29, 1.82) is 0 Å². The van der Waals surface area contributed by atoms with Gasteiger partial charge in [-0.15, -0.1) is 0 Å². The molecule has 0 atom stereocenters. The molecule has 0 aliphatic rings. The van der Waals surface area contributed by atoms with Gasteiger partial charge in [0.15, 0.2) is 15.6 Å². The molecule has 150 valence electrons. The van der Waals surface area contributed by atoms with E-state index in [-0.39, 0.29) is 11.7 Å². The van der Waals surface area contributed by atoms with E-state index in [2.05, 4.69) is 20.9 Å². The Labute approximate surface area is 180 Å². The topological polar surface area (TPSA) is 73.4 Å². The minimum Gasteiger partial charge on any atom is -0.492 e. The summed E-state index contributed by atoms with van der Waals surface area (Å²) in [6, 6.07) is 9.18. The molecule has 4 aromatic rings. The quantitative estimate of drug-likeness (QED) is 0.359. The summed E-state index contributed by atoms with van der Waals surface area (Å²) in [4.78, 5) is 23.6. The van der Waals surface area contributed by atoms with Crippen molar-refractivity contribution in [3.05, 3.63) is 59.5 Å². The summed E-state index contributed by atoms with van der Waals surface area (Å²) in [6.07, 6.45) is 6.16. The highest BCUT2D eigenvalue weighted by atomic mass is 79.9. The minimum atomic E-state index is -0.224. The number of carbonyl (C=O) groups excluding carboxylic acids is 1. The molecule has 0 bridgehead atoms. The third-order valence-electron chi connectivity index (χ3n) is 4.29. The maximum Gasteiger partial charge on any atom is 0.295 e. The molecule has 0 spiro atoms. The van der Waals surface area contributed by atoms with Gasteiger partial charge in [-0.3, -0.25) is 9.69 Å². The first-order chi connectivity index (χ1) is 14.2. The highest BCUT2D eigenvalue weighted by Gasteiger charge is 2.24. The van der Waals surface area contributed by atoms with Gasteiger partial charge >= 0.3 is 0 Å². The van der Waals surface area contributed by atoms with Crippen LogP contribution in [0, 0.1) is 0 Å². The molecule has 7 nitrogen and oxygen atoms in total. The van der Waals surface area contributed by atoms with Crippen LogP contribution in [0.25, 0.3) is 10.2 Å². The van der Waals surface area contributed by atoms with Crippen LogP contribution >= 0.6 is 27.3 Å². The average Bonchev–Trinajstić information content (AvgIpc) is 3.46. The Hall–Kier alpha value is -2.65. The Kier molecular flexibility index (Phi) is 5.96. The smallest absolute Gasteiger partial charge is 0.295 e. The highest BCUT2D eigenvalue weighted by Crippen LogP contribution is 2.35. The Bertz CT molecular complexity index is 1110. The number of furan rings is 1. The third-order valence-corrected chi connectivity index (χ3v) is 5.76. The minimum absolute atomic E-state index is 0.224. The number of para-hydroxylation sites is 1. The van der Waals surface area contributed by atoms with Crippen molar-refractivity contribution in [3.8, 4) is 5.75 Å². The monoisotopic (exact) mass is 474 g/mol. The second-order valence-corrected chi connectivity index (χ2v) is 8.04. The van der Waals surface area contributed by atoms with Crippen LogP contribution in [0.4, 0.5) is 5.13 Å². The lowest BCUT2D eigenvalue weighted by atomic mass is 10.3.